The van der Waals surface area contributed by atoms with E-state index in [1.807, 2.05) is 11.4 Å². The molecule has 112 valence electrons. The fraction of sp³-hybridized carbons (Fsp3) is 0.583. The fourth-order valence-electron chi connectivity index (χ4n) is 2.16. The van der Waals surface area contributed by atoms with Crippen LogP contribution in [0.3, 0.4) is 0 Å². The predicted molar refractivity (Wildman–Crippen MR) is 83.6 cm³/mol. The molecule has 1 aliphatic heterocycles. The summed E-state index contributed by atoms with van der Waals surface area (Å²) in [6, 6.07) is 1.72. The van der Waals surface area contributed by atoms with E-state index in [1.165, 1.54) is 0 Å². The van der Waals surface area contributed by atoms with Crippen molar-refractivity contribution in [2.24, 2.45) is 0 Å². The van der Waals surface area contributed by atoms with Crippen molar-refractivity contribution in [1.29, 1.82) is 0 Å². The number of rotatable bonds is 4. The van der Waals surface area contributed by atoms with Gasteiger partial charge in [0, 0.05) is 32.6 Å². The van der Waals surface area contributed by atoms with Crippen LogP contribution in [0.15, 0.2) is 15.2 Å². The summed E-state index contributed by atoms with van der Waals surface area (Å²) in [5.74, 6) is 0.175. The van der Waals surface area contributed by atoms with Crippen molar-refractivity contribution in [3.05, 3.63) is 20.8 Å². The van der Waals surface area contributed by atoms with Crippen molar-refractivity contribution in [2.45, 2.75) is 19.0 Å². The van der Waals surface area contributed by atoms with Crippen LogP contribution in [-0.4, -0.2) is 50.4 Å². The Kier molecular flexibility index (Phi) is 5.22. The lowest BCUT2D eigenvalue weighted by Gasteiger charge is -2.25. The van der Waals surface area contributed by atoms with Gasteiger partial charge in [0.2, 0.25) is 5.91 Å². The number of nitrogens with one attached hydrogen (secondary N) is 1. The van der Waals surface area contributed by atoms with E-state index in [4.69, 9.17) is 0 Å². The van der Waals surface area contributed by atoms with Gasteiger partial charge in [-0.2, -0.15) is 0 Å². The summed E-state index contributed by atoms with van der Waals surface area (Å²) in [5, 5.41) is 5.09. The maximum absolute atomic E-state index is 12.1. The monoisotopic (exact) mass is 380 g/mol. The number of hydrogen-bond acceptors (Lipinski definition) is 5. The van der Waals surface area contributed by atoms with Gasteiger partial charge < -0.3 is 10.2 Å². The molecule has 1 unspecified atom stereocenters. The molecule has 5 nitrogen and oxygen atoms in total. The van der Waals surface area contributed by atoms with Gasteiger partial charge in [0.05, 0.1) is 15.3 Å². The van der Waals surface area contributed by atoms with E-state index >= 15 is 0 Å². The molecule has 1 N–H and O–H groups in total. The van der Waals surface area contributed by atoms with E-state index in [0.29, 0.717) is 13.1 Å². The van der Waals surface area contributed by atoms with Gasteiger partial charge in [0.15, 0.2) is 9.84 Å². The first kappa shape index (κ1) is 15.9. The minimum Gasteiger partial charge on any atom is -0.341 e. The third-order valence-electron chi connectivity index (χ3n) is 3.19. The Hall–Kier alpha value is -0.440. The number of halogens is 1. The van der Waals surface area contributed by atoms with Crippen LogP contribution in [0, 0.1) is 0 Å². The summed E-state index contributed by atoms with van der Waals surface area (Å²) in [6.07, 6.45) is 0.223. The van der Waals surface area contributed by atoms with Gasteiger partial charge in [-0.3, -0.25) is 4.79 Å². The Morgan fingerprint density at radius 2 is 2.35 bits per heavy atom. The zero-order valence-corrected chi connectivity index (χ0v) is 14.4. The second-order valence-electron chi connectivity index (χ2n) is 4.98. The van der Waals surface area contributed by atoms with E-state index in [1.54, 1.807) is 23.3 Å². The lowest BCUT2D eigenvalue weighted by molar-refractivity contribution is -0.130. The van der Waals surface area contributed by atoms with Crippen molar-refractivity contribution in [3.8, 4) is 0 Å². The van der Waals surface area contributed by atoms with Crippen LogP contribution in [0.25, 0.3) is 0 Å². The van der Waals surface area contributed by atoms with E-state index in [0.717, 1.165) is 9.35 Å². The molecular formula is C12H17BrN2O3S2. The SMILES string of the molecule is CN(Cc1csc(Br)c1)C(=O)CC1CS(=O)(=O)CCN1. The molecule has 2 rings (SSSR count). The highest BCUT2D eigenvalue weighted by Crippen LogP contribution is 2.21. The second-order valence-corrected chi connectivity index (χ2v) is 9.50. The average Bonchev–Trinajstić information content (AvgIpc) is 2.73. The summed E-state index contributed by atoms with van der Waals surface area (Å²) in [6.45, 7) is 0.974. The minimum absolute atomic E-state index is 0.0399. The molecule has 1 fully saturated rings. The van der Waals surface area contributed by atoms with Gasteiger partial charge in [0.1, 0.15) is 0 Å². The quantitative estimate of drug-likeness (QED) is 0.853. The molecule has 1 aromatic heterocycles. The first-order valence-corrected chi connectivity index (χ1v) is 9.76. The van der Waals surface area contributed by atoms with Crippen LogP contribution < -0.4 is 5.32 Å². The molecule has 0 radical (unpaired) electrons. The molecule has 2 heterocycles. The number of carbonyl (C=O) groups is 1. The van der Waals surface area contributed by atoms with Crippen molar-refractivity contribution >= 4 is 43.0 Å². The molecule has 1 saturated heterocycles. The van der Waals surface area contributed by atoms with Crippen molar-refractivity contribution in [2.75, 3.05) is 25.1 Å². The summed E-state index contributed by atoms with van der Waals surface area (Å²) < 4.78 is 24.1. The van der Waals surface area contributed by atoms with E-state index < -0.39 is 9.84 Å². The minimum atomic E-state index is -3.00. The average molecular weight is 381 g/mol. The maximum Gasteiger partial charge on any atom is 0.224 e. The summed E-state index contributed by atoms with van der Waals surface area (Å²) in [5.41, 5.74) is 1.07. The largest absolute Gasteiger partial charge is 0.341 e. The Bertz CT molecular complexity index is 585. The van der Waals surface area contributed by atoms with E-state index in [9.17, 15) is 13.2 Å². The zero-order valence-electron chi connectivity index (χ0n) is 11.1. The lowest BCUT2D eigenvalue weighted by atomic mass is 10.2. The summed E-state index contributed by atoms with van der Waals surface area (Å²) in [4.78, 5) is 13.8. The first-order valence-electron chi connectivity index (χ1n) is 6.26. The normalized spacial score (nSPS) is 21.6. The van der Waals surface area contributed by atoms with Crippen LogP contribution in [0.1, 0.15) is 12.0 Å². The van der Waals surface area contributed by atoms with Gasteiger partial charge in [0.25, 0.3) is 0 Å². The molecule has 0 saturated carbocycles. The summed E-state index contributed by atoms with van der Waals surface area (Å²) >= 11 is 4.97. The number of thiophene rings is 1. The zero-order chi connectivity index (χ0) is 14.8. The van der Waals surface area contributed by atoms with Gasteiger partial charge >= 0.3 is 0 Å². The topological polar surface area (TPSA) is 66.5 Å². The molecule has 20 heavy (non-hydrogen) atoms. The van der Waals surface area contributed by atoms with Crippen LogP contribution in [-0.2, 0) is 21.2 Å². The predicted octanol–water partition coefficient (Wildman–Crippen LogP) is 1.25. The second kappa shape index (κ2) is 6.55. The standard InChI is InChI=1S/C12H17BrN2O3S2/c1-15(6-9-4-11(13)19-7-9)12(16)5-10-8-20(17,18)3-2-14-10/h4,7,10,14H,2-3,5-6,8H2,1H3. The Morgan fingerprint density at radius 1 is 1.60 bits per heavy atom. The maximum atomic E-state index is 12.1. The Balaban J connectivity index is 1.87. The third kappa shape index (κ3) is 4.54. The molecule has 1 aromatic rings. The number of nitrogens with zero attached hydrogens (tertiary/aromatic N) is 1. The Labute approximate surface area is 131 Å². The fourth-order valence-corrected chi connectivity index (χ4v) is 4.80. The van der Waals surface area contributed by atoms with Crippen molar-refractivity contribution in [1.82, 2.24) is 10.2 Å². The van der Waals surface area contributed by atoms with Crippen LogP contribution in [0.2, 0.25) is 0 Å². The molecule has 1 atom stereocenters. The molecule has 0 spiro atoms. The number of amides is 1. The highest BCUT2D eigenvalue weighted by atomic mass is 79.9. The molecule has 0 bridgehead atoms. The van der Waals surface area contributed by atoms with Crippen molar-refractivity contribution < 1.29 is 13.2 Å². The van der Waals surface area contributed by atoms with Gasteiger partial charge in [-0.15, -0.1) is 11.3 Å². The van der Waals surface area contributed by atoms with Gasteiger partial charge in [-0.05, 0) is 32.9 Å². The molecule has 0 aliphatic carbocycles. The molecule has 0 aromatic carbocycles. The number of hydrogen-bond donors (Lipinski definition) is 1. The van der Waals surface area contributed by atoms with Gasteiger partial charge in [-0.25, -0.2) is 8.42 Å². The van der Waals surface area contributed by atoms with Crippen molar-refractivity contribution in [3.63, 3.8) is 0 Å². The summed E-state index contributed by atoms with van der Waals surface area (Å²) in [7, 11) is -1.26. The first-order chi connectivity index (χ1) is 9.35. The van der Waals surface area contributed by atoms with Crippen LogP contribution in [0.5, 0.6) is 0 Å². The highest BCUT2D eigenvalue weighted by molar-refractivity contribution is 9.11. The molecule has 1 amide bonds. The molecule has 1 aliphatic rings. The Morgan fingerprint density at radius 3 is 2.95 bits per heavy atom. The lowest BCUT2D eigenvalue weighted by Crippen LogP contribution is -2.47. The van der Waals surface area contributed by atoms with Crippen LogP contribution >= 0.6 is 27.3 Å². The smallest absolute Gasteiger partial charge is 0.224 e. The van der Waals surface area contributed by atoms with E-state index in [2.05, 4.69) is 21.2 Å². The molecular weight excluding hydrogens is 364 g/mol. The van der Waals surface area contributed by atoms with E-state index in [-0.39, 0.29) is 29.9 Å². The highest BCUT2D eigenvalue weighted by Gasteiger charge is 2.26. The third-order valence-corrected chi connectivity index (χ3v) is 6.48. The number of carbonyl (C=O) groups excluding carboxylic acids is 1. The van der Waals surface area contributed by atoms with Gasteiger partial charge in [-0.1, -0.05) is 0 Å². The van der Waals surface area contributed by atoms with Crippen LogP contribution in [0.4, 0.5) is 0 Å². The number of sulfone groups is 1. The molecule has 8 heteroatoms.